The van der Waals surface area contributed by atoms with Gasteiger partial charge in [-0.1, -0.05) is 18.2 Å². The highest BCUT2D eigenvalue weighted by Gasteiger charge is 2.21. The first-order valence-corrected chi connectivity index (χ1v) is 5.58. The van der Waals surface area contributed by atoms with E-state index in [0.717, 1.165) is 25.0 Å². The lowest BCUT2D eigenvalue weighted by atomic mass is 10.1. The number of hydrogen-bond donors (Lipinski definition) is 0. The molecule has 0 N–H and O–H groups in total. The van der Waals surface area contributed by atoms with Gasteiger partial charge in [-0.05, 0) is 31.4 Å². The lowest BCUT2D eigenvalue weighted by Crippen LogP contribution is -2.14. The highest BCUT2D eigenvalue weighted by Crippen LogP contribution is 2.30. The smallest absolute Gasteiger partial charge is 0.123 e. The third-order valence-corrected chi connectivity index (χ3v) is 2.82. The average Bonchev–Trinajstić information content (AvgIpc) is 2.57. The molecule has 0 amide bonds. The maximum atomic E-state index is 5.91. The zero-order valence-corrected chi connectivity index (χ0v) is 9.13. The van der Waals surface area contributed by atoms with Gasteiger partial charge >= 0.3 is 0 Å². The molecule has 0 radical (unpaired) electrons. The molecule has 0 spiro atoms. The van der Waals surface area contributed by atoms with E-state index in [-0.39, 0.29) is 5.38 Å². The molecule has 2 rings (SSSR count). The van der Waals surface area contributed by atoms with Gasteiger partial charge in [-0.15, -0.1) is 11.6 Å². The van der Waals surface area contributed by atoms with Crippen LogP contribution in [0.15, 0.2) is 24.3 Å². The minimum Gasteiger partial charge on any atom is -0.490 e. The molecule has 1 aliphatic heterocycles. The Labute approximate surface area is 90.0 Å². The summed E-state index contributed by atoms with van der Waals surface area (Å²) in [7, 11) is 0. The van der Waals surface area contributed by atoms with Gasteiger partial charge in [0.1, 0.15) is 11.9 Å². The van der Waals surface area contributed by atoms with Gasteiger partial charge in [0.25, 0.3) is 0 Å². The maximum Gasteiger partial charge on any atom is 0.123 e. The van der Waals surface area contributed by atoms with Crippen molar-refractivity contribution >= 4 is 11.6 Å². The molecule has 0 saturated heterocycles. The van der Waals surface area contributed by atoms with E-state index in [2.05, 4.69) is 12.1 Å². The largest absolute Gasteiger partial charge is 0.490 e. The van der Waals surface area contributed by atoms with Crippen molar-refractivity contribution in [3.63, 3.8) is 0 Å². The Balaban J connectivity index is 1.92. The summed E-state index contributed by atoms with van der Waals surface area (Å²) in [4.78, 5) is 0. The third-order valence-electron chi connectivity index (χ3n) is 2.60. The first-order valence-electron chi connectivity index (χ1n) is 5.14. The van der Waals surface area contributed by atoms with Crippen molar-refractivity contribution < 1.29 is 4.74 Å². The van der Waals surface area contributed by atoms with E-state index in [4.69, 9.17) is 16.3 Å². The predicted octanol–water partition coefficient (Wildman–Crippen LogP) is 3.40. The lowest BCUT2D eigenvalue weighted by Gasteiger charge is -2.10. The summed E-state index contributed by atoms with van der Waals surface area (Å²) in [6, 6.07) is 8.26. The molecule has 2 heteroatoms. The molecular formula is C12H15ClO. The molecule has 1 heterocycles. The summed E-state index contributed by atoms with van der Waals surface area (Å²) in [6.45, 7) is 2.03. The van der Waals surface area contributed by atoms with Gasteiger partial charge in [0.2, 0.25) is 0 Å². The summed E-state index contributed by atoms with van der Waals surface area (Å²) in [5.74, 6) is 1.06. The average molecular weight is 211 g/mol. The van der Waals surface area contributed by atoms with Crippen molar-refractivity contribution in [2.24, 2.45) is 0 Å². The Morgan fingerprint density at radius 3 is 3.00 bits per heavy atom. The van der Waals surface area contributed by atoms with Gasteiger partial charge in [0, 0.05) is 11.8 Å². The van der Waals surface area contributed by atoms with Gasteiger partial charge in [0.05, 0.1) is 0 Å². The number of halogens is 1. The van der Waals surface area contributed by atoms with Crippen LogP contribution in [0.3, 0.4) is 0 Å². The molecule has 0 aliphatic carbocycles. The Morgan fingerprint density at radius 1 is 1.50 bits per heavy atom. The Hall–Kier alpha value is -0.690. The predicted molar refractivity (Wildman–Crippen MR) is 59.1 cm³/mol. The van der Waals surface area contributed by atoms with Crippen molar-refractivity contribution in [2.45, 2.75) is 37.7 Å². The molecule has 2 atom stereocenters. The van der Waals surface area contributed by atoms with E-state index in [0.29, 0.717) is 6.10 Å². The number of fused-ring (bicyclic) bond motifs is 1. The molecule has 0 aromatic heterocycles. The molecule has 1 nitrogen and oxygen atoms in total. The van der Waals surface area contributed by atoms with Crippen molar-refractivity contribution in [3.8, 4) is 5.75 Å². The third kappa shape index (κ3) is 2.21. The van der Waals surface area contributed by atoms with Crippen molar-refractivity contribution in [3.05, 3.63) is 29.8 Å². The number of hydrogen-bond acceptors (Lipinski definition) is 1. The van der Waals surface area contributed by atoms with Gasteiger partial charge in [-0.25, -0.2) is 0 Å². The lowest BCUT2D eigenvalue weighted by molar-refractivity contribution is 0.218. The number of rotatable bonds is 3. The van der Waals surface area contributed by atoms with E-state index in [1.807, 2.05) is 19.1 Å². The molecule has 14 heavy (non-hydrogen) atoms. The highest BCUT2D eigenvalue weighted by atomic mass is 35.5. The summed E-state index contributed by atoms with van der Waals surface area (Å²) >= 11 is 5.91. The second-order valence-electron chi connectivity index (χ2n) is 3.91. The standard InChI is InChI=1S/C12H15ClO/c1-9(13)6-7-11-8-10-4-2-3-5-12(10)14-11/h2-5,9,11H,6-8H2,1H3. The second-order valence-corrected chi connectivity index (χ2v) is 4.65. The first kappa shape index (κ1) is 9.85. The minimum absolute atomic E-state index is 0.252. The zero-order chi connectivity index (χ0) is 9.97. The molecule has 0 saturated carbocycles. The summed E-state index contributed by atoms with van der Waals surface area (Å²) in [5.41, 5.74) is 1.33. The van der Waals surface area contributed by atoms with Crippen LogP contribution in [0.2, 0.25) is 0 Å². The van der Waals surface area contributed by atoms with E-state index in [9.17, 15) is 0 Å². The van der Waals surface area contributed by atoms with E-state index in [1.54, 1.807) is 0 Å². The Morgan fingerprint density at radius 2 is 2.29 bits per heavy atom. The summed E-state index contributed by atoms with van der Waals surface area (Å²) in [6.07, 6.45) is 3.47. The van der Waals surface area contributed by atoms with Gasteiger partial charge in [-0.3, -0.25) is 0 Å². The van der Waals surface area contributed by atoms with Crippen LogP contribution in [-0.4, -0.2) is 11.5 Å². The van der Waals surface area contributed by atoms with Gasteiger partial charge in [0.15, 0.2) is 0 Å². The molecule has 1 aromatic carbocycles. The molecule has 1 aliphatic rings. The number of ether oxygens (including phenoxy) is 1. The fraction of sp³-hybridized carbons (Fsp3) is 0.500. The molecule has 2 unspecified atom stereocenters. The SMILES string of the molecule is CC(Cl)CCC1Cc2ccccc2O1. The maximum absolute atomic E-state index is 5.91. The fourth-order valence-corrected chi connectivity index (χ4v) is 1.96. The Kier molecular flexibility index (Phi) is 2.97. The minimum atomic E-state index is 0.252. The van der Waals surface area contributed by atoms with Crippen LogP contribution in [0, 0.1) is 0 Å². The molecule has 1 aromatic rings. The van der Waals surface area contributed by atoms with E-state index >= 15 is 0 Å². The normalized spacial score (nSPS) is 21.4. The van der Waals surface area contributed by atoms with Gasteiger partial charge in [-0.2, -0.15) is 0 Å². The first-order chi connectivity index (χ1) is 6.75. The molecule has 0 bridgehead atoms. The fourth-order valence-electron chi connectivity index (χ4n) is 1.83. The second kappa shape index (κ2) is 4.22. The van der Waals surface area contributed by atoms with E-state index in [1.165, 1.54) is 5.56 Å². The quantitative estimate of drug-likeness (QED) is 0.695. The number of alkyl halides is 1. The summed E-state index contributed by atoms with van der Waals surface area (Å²) < 4.78 is 5.80. The number of para-hydroxylation sites is 1. The van der Waals surface area contributed by atoms with Crippen LogP contribution in [0.5, 0.6) is 5.75 Å². The van der Waals surface area contributed by atoms with Crippen LogP contribution in [0.1, 0.15) is 25.3 Å². The van der Waals surface area contributed by atoms with Crippen LogP contribution in [-0.2, 0) is 6.42 Å². The topological polar surface area (TPSA) is 9.23 Å². The van der Waals surface area contributed by atoms with Crippen LogP contribution in [0.25, 0.3) is 0 Å². The highest BCUT2D eigenvalue weighted by molar-refractivity contribution is 6.20. The van der Waals surface area contributed by atoms with Crippen molar-refractivity contribution in [1.29, 1.82) is 0 Å². The van der Waals surface area contributed by atoms with Crippen LogP contribution < -0.4 is 4.74 Å². The van der Waals surface area contributed by atoms with Crippen molar-refractivity contribution in [1.82, 2.24) is 0 Å². The molecule has 0 fully saturated rings. The molecule has 76 valence electrons. The molecular weight excluding hydrogens is 196 g/mol. The van der Waals surface area contributed by atoms with Gasteiger partial charge < -0.3 is 4.74 Å². The zero-order valence-electron chi connectivity index (χ0n) is 8.37. The van der Waals surface area contributed by atoms with Crippen LogP contribution in [0.4, 0.5) is 0 Å². The van der Waals surface area contributed by atoms with Crippen LogP contribution >= 0.6 is 11.6 Å². The number of benzene rings is 1. The summed E-state index contributed by atoms with van der Waals surface area (Å²) in [5, 5.41) is 0.252. The monoisotopic (exact) mass is 210 g/mol. The van der Waals surface area contributed by atoms with E-state index < -0.39 is 0 Å². The Bertz CT molecular complexity index is 284. The van der Waals surface area contributed by atoms with Crippen molar-refractivity contribution in [2.75, 3.05) is 0 Å².